The molecule has 0 unspecified atom stereocenters. The molecule has 186 valence electrons. The van der Waals surface area contributed by atoms with E-state index in [1.54, 1.807) is 34.6 Å². The third-order valence-electron chi connectivity index (χ3n) is 5.28. The zero-order chi connectivity index (χ0) is 25.6. The minimum absolute atomic E-state index is 0.00934. The first kappa shape index (κ1) is 25.8. The number of nitrogens with one attached hydrogen (secondary N) is 2. The van der Waals surface area contributed by atoms with E-state index in [0.717, 1.165) is 22.2 Å². The largest absolute Gasteiger partial charge is 0.464 e. The Morgan fingerprint density at radius 3 is 2.00 bits per heavy atom. The molecule has 0 spiro atoms. The van der Waals surface area contributed by atoms with E-state index in [4.69, 9.17) is 14.2 Å². The number of hydrogen-bond acceptors (Lipinski definition) is 6. The molecule has 3 aromatic rings. The van der Waals surface area contributed by atoms with Crippen LogP contribution in [-0.2, 0) is 30.2 Å². The van der Waals surface area contributed by atoms with E-state index in [2.05, 4.69) is 10.3 Å². The number of aromatic nitrogens is 1. The number of benzene rings is 2. The average molecular weight is 481 g/mol. The molecule has 0 saturated heterocycles. The topological polar surface area (TPSA) is 107 Å². The molecule has 8 nitrogen and oxygen atoms in total. The van der Waals surface area contributed by atoms with Crippen molar-refractivity contribution in [1.82, 2.24) is 10.3 Å². The van der Waals surface area contributed by atoms with Crippen LogP contribution in [0.15, 0.2) is 54.6 Å². The summed E-state index contributed by atoms with van der Waals surface area (Å²) in [5.41, 5.74) is 0.0374. The highest BCUT2D eigenvalue weighted by Crippen LogP contribution is 2.34. The first-order valence-electron chi connectivity index (χ1n) is 11.6. The Morgan fingerprint density at radius 2 is 1.43 bits per heavy atom. The highest BCUT2D eigenvalue weighted by atomic mass is 16.6. The molecular weight excluding hydrogens is 448 g/mol. The lowest BCUT2D eigenvalue weighted by molar-refractivity contribution is -0.166. The number of H-pyrrole nitrogens is 1. The number of hydrogen-bond donors (Lipinski definition) is 2. The van der Waals surface area contributed by atoms with Gasteiger partial charge < -0.3 is 19.2 Å². The molecule has 3 rings (SSSR count). The van der Waals surface area contributed by atoms with Crippen molar-refractivity contribution in [3.63, 3.8) is 0 Å². The van der Waals surface area contributed by atoms with Gasteiger partial charge in [0.2, 0.25) is 5.54 Å². The fourth-order valence-corrected chi connectivity index (χ4v) is 3.86. The molecule has 0 fully saturated rings. The second kappa shape index (κ2) is 10.6. The lowest BCUT2D eigenvalue weighted by Crippen LogP contribution is -2.63. The van der Waals surface area contributed by atoms with E-state index in [-0.39, 0.29) is 19.6 Å². The number of ether oxygens (including phenoxy) is 3. The highest BCUT2D eigenvalue weighted by Gasteiger charge is 2.52. The summed E-state index contributed by atoms with van der Waals surface area (Å²) < 4.78 is 16.0. The number of para-hydroxylation sites is 1. The van der Waals surface area contributed by atoms with Crippen LogP contribution in [0.25, 0.3) is 22.2 Å². The van der Waals surface area contributed by atoms with Crippen LogP contribution in [0, 0.1) is 0 Å². The van der Waals surface area contributed by atoms with Crippen molar-refractivity contribution in [3.05, 3.63) is 60.2 Å². The van der Waals surface area contributed by atoms with Crippen molar-refractivity contribution in [2.75, 3.05) is 13.2 Å². The molecule has 0 atom stereocenters. The number of aromatic amines is 1. The molecule has 2 N–H and O–H groups in total. The van der Waals surface area contributed by atoms with Crippen LogP contribution >= 0.6 is 0 Å². The summed E-state index contributed by atoms with van der Waals surface area (Å²) in [7, 11) is 0. The molecule has 1 amide bonds. The Morgan fingerprint density at radius 1 is 0.857 bits per heavy atom. The van der Waals surface area contributed by atoms with Crippen LogP contribution < -0.4 is 5.32 Å². The predicted molar refractivity (Wildman–Crippen MR) is 133 cm³/mol. The van der Waals surface area contributed by atoms with E-state index in [1.807, 2.05) is 54.6 Å². The minimum Gasteiger partial charge on any atom is -0.464 e. The Bertz CT molecular complexity index is 1180. The van der Waals surface area contributed by atoms with E-state index in [1.165, 1.54) is 0 Å². The number of esters is 2. The lowest BCUT2D eigenvalue weighted by atomic mass is 9.88. The molecule has 0 saturated carbocycles. The van der Waals surface area contributed by atoms with Crippen LogP contribution in [0.4, 0.5) is 4.79 Å². The smallest absolute Gasteiger partial charge is 0.409 e. The average Bonchev–Trinajstić information content (AvgIpc) is 3.16. The molecule has 0 radical (unpaired) electrons. The third-order valence-corrected chi connectivity index (χ3v) is 5.28. The van der Waals surface area contributed by atoms with E-state index in [0.29, 0.717) is 5.56 Å². The number of rotatable bonds is 8. The van der Waals surface area contributed by atoms with Gasteiger partial charge in [-0.05, 0) is 51.8 Å². The predicted octanol–water partition coefficient (Wildman–Crippen LogP) is 4.77. The Kier molecular flexibility index (Phi) is 7.84. The van der Waals surface area contributed by atoms with E-state index >= 15 is 0 Å². The molecular formula is C27H32N2O6. The number of carbonyl (C=O) groups is 3. The third kappa shape index (κ3) is 5.82. The van der Waals surface area contributed by atoms with Gasteiger partial charge in [-0.25, -0.2) is 14.4 Å². The van der Waals surface area contributed by atoms with E-state index in [9.17, 15) is 14.4 Å². The molecule has 0 aliphatic carbocycles. The van der Waals surface area contributed by atoms with Crippen molar-refractivity contribution in [2.24, 2.45) is 0 Å². The maximum Gasteiger partial charge on any atom is 0.409 e. The standard InChI is InChI=1S/C27H32N2O6/c1-6-33-23(30)27(24(31)34-7-2,29-25(32)35-26(3,4)5)17-20-19-15-11-12-16-21(19)28-22(20)18-13-9-8-10-14-18/h8-16,28H,6-7,17H2,1-5H3,(H,29,32). The van der Waals surface area contributed by atoms with Gasteiger partial charge in [-0.3, -0.25) is 5.32 Å². The summed E-state index contributed by atoms with van der Waals surface area (Å²) in [6.07, 6.45) is -1.14. The van der Waals surface area contributed by atoms with Crippen molar-refractivity contribution in [3.8, 4) is 11.3 Å². The van der Waals surface area contributed by atoms with Crippen molar-refractivity contribution < 1.29 is 28.6 Å². The number of amides is 1. The minimum atomic E-state index is -2.16. The van der Waals surface area contributed by atoms with Gasteiger partial charge in [-0.1, -0.05) is 48.5 Å². The van der Waals surface area contributed by atoms with Gasteiger partial charge >= 0.3 is 18.0 Å². The number of alkyl carbamates (subject to hydrolysis) is 1. The van der Waals surface area contributed by atoms with Gasteiger partial charge in [0.15, 0.2) is 0 Å². The molecule has 35 heavy (non-hydrogen) atoms. The number of carbonyl (C=O) groups excluding carboxylic acids is 3. The van der Waals surface area contributed by atoms with Gasteiger partial charge in [-0.15, -0.1) is 0 Å². The lowest BCUT2D eigenvalue weighted by Gasteiger charge is -2.31. The first-order chi connectivity index (χ1) is 16.6. The summed E-state index contributed by atoms with van der Waals surface area (Å²) in [6, 6.07) is 17.1. The summed E-state index contributed by atoms with van der Waals surface area (Å²) in [5.74, 6) is -1.85. The monoisotopic (exact) mass is 480 g/mol. The summed E-state index contributed by atoms with van der Waals surface area (Å²) in [5, 5.41) is 3.31. The second-order valence-corrected chi connectivity index (χ2v) is 9.04. The molecule has 8 heteroatoms. The van der Waals surface area contributed by atoms with Crippen LogP contribution in [0.1, 0.15) is 40.2 Å². The zero-order valence-corrected chi connectivity index (χ0v) is 20.8. The summed E-state index contributed by atoms with van der Waals surface area (Å²) in [4.78, 5) is 43.0. The normalized spacial score (nSPS) is 11.7. The molecule has 0 aliphatic rings. The molecule has 2 aromatic carbocycles. The molecule has 1 heterocycles. The van der Waals surface area contributed by atoms with Crippen LogP contribution in [0.5, 0.6) is 0 Å². The fourth-order valence-electron chi connectivity index (χ4n) is 3.86. The Hall–Kier alpha value is -3.81. The van der Waals surface area contributed by atoms with E-state index < -0.39 is 29.2 Å². The summed E-state index contributed by atoms with van der Waals surface area (Å²) >= 11 is 0. The second-order valence-electron chi connectivity index (χ2n) is 9.04. The Balaban J connectivity index is 2.21. The maximum absolute atomic E-state index is 13.4. The SMILES string of the molecule is CCOC(=O)C(Cc1c(-c2ccccc2)[nH]c2ccccc12)(NC(=O)OC(C)(C)C)C(=O)OCC. The van der Waals surface area contributed by atoms with Crippen molar-refractivity contribution in [1.29, 1.82) is 0 Å². The zero-order valence-electron chi connectivity index (χ0n) is 20.8. The molecule has 0 bridgehead atoms. The maximum atomic E-state index is 13.4. The fraction of sp³-hybridized carbons (Fsp3) is 0.370. The van der Waals surface area contributed by atoms with Crippen LogP contribution in [0.3, 0.4) is 0 Å². The van der Waals surface area contributed by atoms with Crippen molar-refractivity contribution >= 4 is 28.9 Å². The van der Waals surface area contributed by atoms with Gasteiger partial charge in [0.1, 0.15) is 5.60 Å². The molecule has 1 aromatic heterocycles. The summed E-state index contributed by atoms with van der Waals surface area (Å²) in [6.45, 7) is 8.35. The van der Waals surface area contributed by atoms with Crippen LogP contribution in [-0.4, -0.2) is 47.4 Å². The molecule has 0 aliphatic heterocycles. The quantitative estimate of drug-likeness (QED) is 0.273. The van der Waals surface area contributed by atoms with Crippen molar-refractivity contribution in [2.45, 2.75) is 52.2 Å². The van der Waals surface area contributed by atoms with Gasteiger partial charge in [-0.2, -0.15) is 0 Å². The highest BCUT2D eigenvalue weighted by molar-refractivity contribution is 6.08. The van der Waals surface area contributed by atoms with Gasteiger partial charge in [0.05, 0.1) is 13.2 Å². The van der Waals surface area contributed by atoms with Gasteiger partial charge in [0.25, 0.3) is 0 Å². The van der Waals surface area contributed by atoms with Crippen LogP contribution in [0.2, 0.25) is 0 Å². The van der Waals surface area contributed by atoms with Gasteiger partial charge in [0, 0.05) is 23.0 Å². The first-order valence-corrected chi connectivity index (χ1v) is 11.6. The Labute approximate surface area is 204 Å². The number of fused-ring (bicyclic) bond motifs is 1.